The highest BCUT2D eigenvalue weighted by atomic mass is 16.5. The molecule has 1 amide bonds. The van der Waals surface area contributed by atoms with Crippen LogP contribution in [0.1, 0.15) is 20.7 Å². The van der Waals surface area contributed by atoms with Gasteiger partial charge in [-0.15, -0.1) is 0 Å². The lowest BCUT2D eigenvalue weighted by Gasteiger charge is -2.11. The Morgan fingerprint density at radius 2 is 1.68 bits per heavy atom. The van der Waals surface area contributed by atoms with E-state index in [1.807, 2.05) is 12.1 Å². The van der Waals surface area contributed by atoms with Gasteiger partial charge in [-0.05, 0) is 48.5 Å². The maximum absolute atomic E-state index is 12.6. The summed E-state index contributed by atoms with van der Waals surface area (Å²) < 4.78 is 9.92. The molecule has 0 fully saturated rings. The van der Waals surface area contributed by atoms with Gasteiger partial charge in [-0.1, -0.05) is 12.1 Å². The number of amides is 1. The van der Waals surface area contributed by atoms with E-state index in [1.54, 1.807) is 61.8 Å². The average Bonchev–Trinajstić information content (AvgIpc) is 2.74. The number of anilines is 3. The van der Waals surface area contributed by atoms with Crippen molar-refractivity contribution in [3.05, 3.63) is 78.0 Å². The zero-order valence-electron chi connectivity index (χ0n) is 15.4. The molecule has 3 aromatic rings. The van der Waals surface area contributed by atoms with E-state index in [0.717, 1.165) is 5.69 Å². The van der Waals surface area contributed by atoms with Crippen molar-refractivity contribution in [2.45, 2.75) is 0 Å². The molecule has 0 spiro atoms. The van der Waals surface area contributed by atoms with E-state index in [-0.39, 0.29) is 5.91 Å². The molecule has 28 heavy (non-hydrogen) atoms. The number of hydrogen-bond donors (Lipinski definition) is 2. The molecular weight excluding hydrogens is 358 g/mol. The normalized spacial score (nSPS) is 10.1. The van der Waals surface area contributed by atoms with Crippen LogP contribution in [-0.4, -0.2) is 31.1 Å². The van der Waals surface area contributed by atoms with E-state index in [4.69, 9.17) is 4.74 Å². The van der Waals surface area contributed by atoms with E-state index in [9.17, 15) is 9.59 Å². The molecular formula is C21H19N3O4. The largest absolute Gasteiger partial charge is 0.495 e. The predicted octanol–water partition coefficient (Wildman–Crippen LogP) is 3.87. The van der Waals surface area contributed by atoms with Crippen molar-refractivity contribution < 1.29 is 19.1 Å². The molecule has 0 aliphatic heterocycles. The van der Waals surface area contributed by atoms with Gasteiger partial charge >= 0.3 is 5.97 Å². The first-order valence-electron chi connectivity index (χ1n) is 8.46. The van der Waals surface area contributed by atoms with Gasteiger partial charge in [0.2, 0.25) is 0 Å². The summed E-state index contributed by atoms with van der Waals surface area (Å²) in [6.45, 7) is 0. The first kappa shape index (κ1) is 18.9. The van der Waals surface area contributed by atoms with Crippen LogP contribution in [0.3, 0.4) is 0 Å². The molecule has 7 heteroatoms. The van der Waals surface area contributed by atoms with Gasteiger partial charge in [0.15, 0.2) is 0 Å². The lowest BCUT2D eigenvalue weighted by molar-refractivity contribution is 0.0600. The second kappa shape index (κ2) is 8.68. The minimum atomic E-state index is -0.403. The number of carbonyl (C=O) groups is 2. The monoisotopic (exact) mass is 377 g/mol. The van der Waals surface area contributed by atoms with Gasteiger partial charge in [0, 0.05) is 17.4 Å². The number of carbonyl (C=O) groups excluding carboxylic acids is 2. The van der Waals surface area contributed by atoms with Crippen molar-refractivity contribution in [1.82, 2.24) is 4.98 Å². The molecule has 0 bridgehead atoms. The number of benzene rings is 2. The topological polar surface area (TPSA) is 89.5 Å². The third kappa shape index (κ3) is 4.45. The Balaban J connectivity index is 1.73. The molecule has 142 valence electrons. The smallest absolute Gasteiger partial charge is 0.337 e. The van der Waals surface area contributed by atoms with E-state index in [1.165, 1.54) is 7.11 Å². The zero-order valence-corrected chi connectivity index (χ0v) is 15.4. The molecule has 0 unspecified atom stereocenters. The summed E-state index contributed by atoms with van der Waals surface area (Å²) in [5.74, 6) is 0.392. The summed E-state index contributed by atoms with van der Waals surface area (Å²) in [4.78, 5) is 28.3. The zero-order chi connectivity index (χ0) is 19.9. The summed E-state index contributed by atoms with van der Waals surface area (Å²) in [7, 11) is 2.88. The van der Waals surface area contributed by atoms with Crippen molar-refractivity contribution in [1.29, 1.82) is 0 Å². The van der Waals surface area contributed by atoms with Crippen molar-refractivity contribution in [2.75, 3.05) is 24.9 Å². The highest BCUT2D eigenvalue weighted by Gasteiger charge is 2.11. The number of esters is 1. The number of methoxy groups -OCH3 is 2. The lowest BCUT2D eigenvalue weighted by atomic mass is 10.2. The molecule has 0 radical (unpaired) electrons. The number of nitrogens with zero attached hydrogens (tertiary/aromatic N) is 1. The van der Waals surface area contributed by atoms with Crippen LogP contribution in [-0.2, 0) is 4.74 Å². The lowest BCUT2D eigenvalue weighted by Crippen LogP contribution is -2.13. The minimum Gasteiger partial charge on any atom is -0.495 e. The van der Waals surface area contributed by atoms with Gasteiger partial charge < -0.3 is 20.1 Å². The molecule has 0 saturated carbocycles. The standard InChI is InChI=1S/C21H19N3O4/c1-27-18-6-4-3-5-17(18)24-20(25)15-11-12-22-19(13-15)23-16-9-7-14(8-10-16)21(26)28-2/h3-13H,1-2H3,(H,22,23)(H,24,25). The third-order valence-electron chi connectivity index (χ3n) is 3.96. The summed E-state index contributed by atoms with van der Waals surface area (Å²) in [5.41, 5.74) is 2.20. The predicted molar refractivity (Wildman–Crippen MR) is 106 cm³/mol. The van der Waals surface area contributed by atoms with Gasteiger partial charge in [-0.25, -0.2) is 9.78 Å². The molecule has 0 saturated heterocycles. The number of nitrogens with one attached hydrogen (secondary N) is 2. The van der Waals surface area contributed by atoms with Crippen molar-refractivity contribution >= 4 is 29.1 Å². The number of rotatable bonds is 6. The van der Waals surface area contributed by atoms with E-state index in [0.29, 0.717) is 28.4 Å². The van der Waals surface area contributed by atoms with Crippen LogP contribution in [0.15, 0.2) is 66.9 Å². The Labute approximate surface area is 162 Å². The number of hydrogen-bond acceptors (Lipinski definition) is 6. The summed E-state index contributed by atoms with van der Waals surface area (Å²) in [5, 5.41) is 5.93. The summed E-state index contributed by atoms with van der Waals surface area (Å²) >= 11 is 0. The SMILES string of the molecule is COC(=O)c1ccc(Nc2cc(C(=O)Nc3ccccc3OC)ccn2)cc1. The molecule has 0 atom stereocenters. The molecule has 2 aromatic carbocycles. The first-order valence-corrected chi connectivity index (χ1v) is 8.46. The molecule has 0 aliphatic rings. The van der Waals surface area contributed by atoms with Gasteiger partial charge in [0.1, 0.15) is 11.6 Å². The van der Waals surface area contributed by atoms with Crippen molar-refractivity contribution in [2.24, 2.45) is 0 Å². The van der Waals surface area contributed by atoms with Crippen LogP contribution in [0.25, 0.3) is 0 Å². The maximum atomic E-state index is 12.6. The molecule has 0 aliphatic carbocycles. The van der Waals surface area contributed by atoms with Crippen LogP contribution in [0.2, 0.25) is 0 Å². The molecule has 7 nitrogen and oxygen atoms in total. The first-order chi connectivity index (χ1) is 13.6. The van der Waals surface area contributed by atoms with Gasteiger partial charge in [0.05, 0.1) is 25.5 Å². The maximum Gasteiger partial charge on any atom is 0.337 e. The van der Waals surface area contributed by atoms with Crippen LogP contribution < -0.4 is 15.4 Å². The minimum absolute atomic E-state index is 0.281. The Hall–Kier alpha value is -3.87. The quantitative estimate of drug-likeness (QED) is 0.634. The molecule has 2 N–H and O–H groups in total. The van der Waals surface area contributed by atoms with Crippen molar-refractivity contribution in [3.8, 4) is 5.75 Å². The third-order valence-corrected chi connectivity index (χ3v) is 3.96. The highest BCUT2D eigenvalue weighted by Crippen LogP contribution is 2.24. The van der Waals surface area contributed by atoms with Gasteiger partial charge in [-0.3, -0.25) is 4.79 Å². The van der Waals surface area contributed by atoms with Gasteiger partial charge in [0.25, 0.3) is 5.91 Å². The van der Waals surface area contributed by atoms with Crippen molar-refractivity contribution in [3.63, 3.8) is 0 Å². The molecule has 1 aromatic heterocycles. The van der Waals surface area contributed by atoms with E-state index < -0.39 is 5.97 Å². The second-order valence-corrected chi connectivity index (χ2v) is 5.78. The fourth-order valence-electron chi connectivity index (χ4n) is 2.54. The summed E-state index contributed by atoms with van der Waals surface area (Å²) in [6.07, 6.45) is 1.54. The number of ether oxygens (including phenoxy) is 2. The summed E-state index contributed by atoms with van der Waals surface area (Å²) in [6, 6.07) is 17.2. The van der Waals surface area contributed by atoms with Crippen LogP contribution in [0, 0.1) is 0 Å². The Morgan fingerprint density at radius 1 is 0.929 bits per heavy atom. The second-order valence-electron chi connectivity index (χ2n) is 5.78. The van der Waals surface area contributed by atoms with Crippen LogP contribution in [0.5, 0.6) is 5.75 Å². The van der Waals surface area contributed by atoms with Crippen LogP contribution in [0.4, 0.5) is 17.2 Å². The molecule has 1 heterocycles. The average molecular weight is 377 g/mol. The number of aromatic nitrogens is 1. The van der Waals surface area contributed by atoms with E-state index >= 15 is 0 Å². The highest BCUT2D eigenvalue weighted by molar-refractivity contribution is 6.05. The fraction of sp³-hybridized carbons (Fsp3) is 0.0952. The molecule has 3 rings (SSSR count). The number of pyridine rings is 1. The van der Waals surface area contributed by atoms with E-state index in [2.05, 4.69) is 20.4 Å². The Morgan fingerprint density at radius 3 is 2.39 bits per heavy atom. The number of para-hydroxylation sites is 2. The fourth-order valence-corrected chi connectivity index (χ4v) is 2.54. The van der Waals surface area contributed by atoms with Crippen LogP contribution >= 0.6 is 0 Å². The van der Waals surface area contributed by atoms with Gasteiger partial charge in [-0.2, -0.15) is 0 Å². The Kier molecular flexibility index (Phi) is 5.86. The Bertz CT molecular complexity index is 987.